The molecule has 1 aliphatic rings. The molecule has 0 N–H and O–H groups in total. The van der Waals surface area contributed by atoms with Crippen molar-refractivity contribution in [2.24, 2.45) is 5.92 Å². The largest absolute Gasteiger partial charge is 0.233 e. The first kappa shape index (κ1) is 6.61. The molecule has 0 saturated heterocycles. The van der Waals surface area contributed by atoms with Crippen molar-refractivity contribution in [3.63, 3.8) is 0 Å². The Bertz CT molecular complexity index is 270. The Labute approximate surface area is 59.7 Å². The maximum absolute atomic E-state index is 10.2. The fourth-order valence-corrected chi connectivity index (χ4v) is 0.785. The molecular formula is C9H6O. The molecule has 0 aromatic carbocycles. The van der Waals surface area contributed by atoms with E-state index in [-0.39, 0.29) is 5.92 Å². The smallest absolute Gasteiger partial charge is 0.129 e. The van der Waals surface area contributed by atoms with Gasteiger partial charge in [-0.1, -0.05) is 24.1 Å². The predicted molar refractivity (Wildman–Crippen MR) is 39.8 cm³/mol. The van der Waals surface area contributed by atoms with Crippen LogP contribution in [0, 0.1) is 18.3 Å². The van der Waals surface area contributed by atoms with E-state index in [0.29, 0.717) is 5.57 Å². The van der Waals surface area contributed by atoms with Crippen LogP contribution in [0.25, 0.3) is 0 Å². The molecular weight excluding hydrogens is 124 g/mol. The van der Waals surface area contributed by atoms with Crippen molar-refractivity contribution in [2.75, 3.05) is 0 Å². The Balaban J connectivity index is 2.98. The third kappa shape index (κ3) is 1.07. The van der Waals surface area contributed by atoms with Crippen LogP contribution >= 0.6 is 0 Å². The molecule has 48 valence electrons. The molecule has 0 heterocycles. The number of hydrogen-bond acceptors (Lipinski definition) is 1. The Hall–Kier alpha value is -1.51. The van der Waals surface area contributed by atoms with Crippen LogP contribution in [0.4, 0.5) is 0 Å². The highest BCUT2D eigenvalue weighted by Gasteiger charge is 2.07. The number of hydrogen-bond donors (Lipinski definition) is 0. The fourth-order valence-electron chi connectivity index (χ4n) is 0.785. The van der Waals surface area contributed by atoms with E-state index in [0.717, 1.165) is 0 Å². The summed E-state index contributed by atoms with van der Waals surface area (Å²) in [4.78, 5) is 10.2. The summed E-state index contributed by atoms with van der Waals surface area (Å²) in [6.45, 7) is 0. The average Bonchev–Trinajstić information content (AvgIpc) is 2.04. The van der Waals surface area contributed by atoms with Crippen molar-refractivity contribution in [3.8, 4) is 12.3 Å². The average molecular weight is 130 g/mol. The zero-order chi connectivity index (χ0) is 7.40. The van der Waals surface area contributed by atoms with Gasteiger partial charge in [-0.2, -0.15) is 0 Å². The highest BCUT2D eigenvalue weighted by atomic mass is 16.1. The van der Waals surface area contributed by atoms with Gasteiger partial charge < -0.3 is 0 Å². The van der Waals surface area contributed by atoms with Gasteiger partial charge in [0.15, 0.2) is 0 Å². The van der Waals surface area contributed by atoms with E-state index in [1.165, 1.54) is 0 Å². The summed E-state index contributed by atoms with van der Waals surface area (Å²) in [5.41, 5.74) is 0.532. The molecule has 1 unspecified atom stereocenters. The molecule has 0 spiro atoms. The first-order valence-electron chi connectivity index (χ1n) is 2.94. The van der Waals surface area contributed by atoms with Gasteiger partial charge in [0.1, 0.15) is 5.94 Å². The number of terminal acetylenes is 1. The van der Waals surface area contributed by atoms with Gasteiger partial charge in [0.25, 0.3) is 0 Å². The van der Waals surface area contributed by atoms with Gasteiger partial charge in [-0.05, 0) is 6.08 Å². The summed E-state index contributed by atoms with van der Waals surface area (Å²) >= 11 is 0. The van der Waals surface area contributed by atoms with Crippen molar-refractivity contribution in [2.45, 2.75) is 0 Å². The van der Waals surface area contributed by atoms with Crippen molar-refractivity contribution < 1.29 is 4.79 Å². The third-order valence-electron chi connectivity index (χ3n) is 1.32. The van der Waals surface area contributed by atoms with Gasteiger partial charge in [-0.3, -0.25) is 0 Å². The second-order valence-corrected chi connectivity index (χ2v) is 1.95. The van der Waals surface area contributed by atoms with Crippen molar-refractivity contribution >= 4 is 5.94 Å². The quantitative estimate of drug-likeness (QED) is 0.354. The van der Waals surface area contributed by atoms with E-state index in [1.54, 1.807) is 24.2 Å². The lowest BCUT2D eigenvalue weighted by atomic mass is 9.97. The lowest BCUT2D eigenvalue weighted by Gasteiger charge is -2.04. The highest BCUT2D eigenvalue weighted by Crippen LogP contribution is 2.14. The van der Waals surface area contributed by atoms with Crippen LogP contribution in [-0.4, -0.2) is 5.94 Å². The van der Waals surface area contributed by atoms with Crippen LogP contribution in [0.5, 0.6) is 0 Å². The molecule has 1 rings (SSSR count). The molecule has 1 nitrogen and oxygen atoms in total. The van der Waals surface area contributed by atoms with Crippen LogP contribution in [0.1, 0.15) is 0 Å². The maximum atomic E-state index is 10.2. The standard InChI is InChI=1S/C9H6O/c1-2-8-5-3-4-6-9(8)7-10/h1,3-6,8H. The second kappa shape index (κ2) is 2.87. The molecule has 1 atom stereocenters. The number of allylic oxidation sites excluding steroid dienone is 5. The van der Waals surface area contributed by atoms with Crippen LogP contribution in [0.2, 0.25) is 0 Å². The monoisotopic (exact) mass is 130 g/mol. The van der Waals surface area contributed by atoms with Crippen molar-refractivity contribution in [3.05, 3.63) is 29.9 Å². The molecule has 0 amide bonds. The first-order valence-corrected chi connectivity index (χ1v) is 2.94. The predicted octanol–water partition coefficient (Wildman–Crippen LogP) is 1.12. The summed E-state index contributed by atoms with van der Waals surface area (Å²) in [6.07, 6.45) is 12.2. The Morgan fingerprint density at radius 1 is 1.50 bits per heavy atom. The summed E-state index contributed by atoms with van der Waals surface area (Å²) in [5, 5.41) is 0. The van der Waals surface area contributed by atoms with E-state index in [4.69, 9.17) is 6.42 Å². The van der Waals surface area contributed by atoms with E-state index in [2.05, 4.69) is 5.92 Å². The van der Waals surface area contributed by atoms with E-state index < -0.39 is 0 Å². The van der Waals surface area contributed by atoms with Gasteiger partial charge in [0, 0.05) is 0 Å². The van der Waals surface area contributed by atoms with Gasteiger partial charge in [-0.25, -0.2) is 4.79 Å². The lowest BCUT2D eigenvalue weighted by Crippen LogP contribution is -1.98. The summed E-state index contributed by atoms with van der Waals surface area (Å²) in [6, 6.07) is 0. The zero-order valence-corrected chi connectivity index (χ0v) is 5.37. The van der Waals surface area contributed by atoms with Crippen LogP contribution < -0.4 is 0 Å². The van der Waals surface area contributed by atoms with Crippen molar-refractivity contribution in [1.82, 2.24) is 0 Å². The SMILES string of the molecule is C#CC1C=CC=CC1=C=O. The number of rotatable bonds is 0. The molecule has 10 heavy (non-hydrogen) atoms. The topological polar surface area (TPSA) is 17.1 Å². The highest BCUT2D eigenvalue weighted by molar-refractivity contribution is 5.62. The molecule has 0 aliphatic heterocycles. The number of carbonyl (C=O) groups excluding carboxylic acids is 1. The lowest BCUT2D eigenvalue weighted by molar-refractivity contribution is 0.566. The van der Waals surface area contributed by atoms with E-state index >= 15 is 0 Å². The molecule has 0 bridgehead atoms. The Morgan fingerprint density at radius 3 is 2.80 bits per heavy atom. The normalized spacial score (nSPS) is 21.9. The van der Waals surface area contributed by atoms with Gasteiger partial charge in [0.05, 0.1) is 11.5 Å². The summed E-state index contributed by atoms with van der Waals surface area (Å²) in [5.74, 6) is 4.08. The van der Waals surface area contributed by atoms with Crippen LogP contribution in [0.15, 0.2) is 29.9 Å². The minimum Gasteiger partial charge on any atom is -0.233 e. The van der Waals surface area contributed by atoms with Crippen LogP contribution in [-0.2, 0) is 4.79 Å². The molecule has 1 aliphatic carbocycles. The third-order valence-corrected chi connectivity index (χ3v) is 1.32. The second-order valence-electron chi connectivity index (χ2n) is 1.95. The molecule has 0 aromatic rings. The zero-order valence-electron chi connectivity index (χ0n) is 5.37. The van der Waals surface area contributed by atoms with Gasteiger partial charge in [-0.15, -0.1) is 6.42 Å². The summed E-state index contributed by atoms with van der Waals surface area (Å²) < 4.78 is 0. The first-order chi connectivity index (χ1) is 4.88. The minimum absolute atomic E-state index is 0.178. The van der Waals surface area contributed by atoms with E-state index in [9.17, 15) is 4.79 Å². The summed E-state index contributed by atoms with van der Waals surface area (Å²) in [7, 11) is 0. The molecule has 1 heteroatoms. The van der Waals surface area contributed by atoms with Gasteiger partial charge in [0.2, 0.25) is 0 Å². The molecule has 0 aromatic heterocycles. The molecule has 0 fully saturated rings. The minimum atomic E-state index is -0.178. The molecule has 0 saturated carbocycles. The fraction of sp³-hybridized carbons (Fsp3) is 0.111. The van der Waals surface area contributed by atoms with E-state index in [1.807, 2.05) is 6.08 Å². The maximum Gasteiger partial charge on any atom is 0.129 e. The van der Waals surface area contributed by atoms with Gasteiger partial charge >= 0.3 is 0 Å². The van der Waals surface area contributed by atoms with Crippen molar-refractivity contribution in [1.29, 1.82) is 0 Å². The van der Waals surface area contributed by atoms with Crippen LogP contribution in [0.3, 0.4) is 0 Å². The molecule has 0 radical (unpaired) electrons. The Morgan fingerprint density at radius 2 is 2.30 bits per heavy atom. The Kier molecular flexibility index (Phi) is 1.89.